The van der Waals surface area contributed by atoms with Gasteiger partial charge in [-0.3, -0.25) is 9.69 Å². The van der Waals surface area contributed by atoms with Crippen LogP contribution in [0.2, 0.25) is 0 Å². The number of nitrogens with zero attached hydrogens (tertiary/aromatic N) is 2. The fourth-order valence-corrected chi connectivity index (χ4v) is 4.93. The second-order valence-electron chi connectivity index (χ2n) is 7.50. The van der Waals surface area contributed by atoms with E-state index in [-0.39, 0.29) is 19.1 Å². The molecule has 0 bridgehead atoms. The summed E-state index contributed by atoms with van der Waals surface area (Å²) in [5, 5.41) is 0.618. The third-order valence-corrected chi connectivity index (χ3v) is 6.46. The molecule has 1 aliphatic rings. The zero-order valence-corrected chi connectivity index (χ0v) is 22.9. The number of rotatable bonds is 12. The molecule has 0 unspecified atom stereocenters. The summed E-state index contributed by atoms with van der Waals surface area (Å²) in [6, 6.07) is 13.1. The Kier molecular flexibility index (Phi) is 10.8. The number of esters is 1. The fraction of sp³-hybridized carbons (Fsp3) is 0.346. The number of hydrogen-bond acceptors (Lipinski definition) is 8. The van der Waals surface area contributed by atoms with Crippen LogP contribution in [0.25, 0.3) is 6.08 Å². The van der Waals surface area contributed by atoms with Crippen molar-refractivity contribution in [2.75, 3.05) is 40.1 Å². The molecule has 0 aliphatic carbocycles. The molecule has 2 aromatic carbocycles. The maximum Gasteiger partial charge on any atom is 0.344 e. The number of thioether (sulfide) groups is 1. The maximum atomic E-state index is 13.3. The molecule has 1 aliphatic heterocycles. The fourth-order valence-electron chi connectivity index (χ4n) is 3.33. The Morgan fingerprint density at radius 2 is 1.92 bits per heavy atom. The molecule has 0 atom stereocenters. The Morgan fingerprint density at radius 3 is 2.61 bits per heavy atom. The van der Waals surface area contributed by atoms with Crippen molar-refractivity contribution in [3.05, 3.63) is 57.4 Å². The van der Waals surface area contributed by atoms with Gasteiger partial charge in [0.05, 0.1) is 28.3 Å². The van der Waals surface area contributed by atoms with Gasteiger partial charge in [-0.15, -0.1) is 0 Å². The van der Waals surface area contributed by atoms with Crippen molar-refractivity contribution in [3.63, 3.8) is 0 Å². The number of para-hydroxylation sites is 1. The number of methoxy groups -OCH3 is 1. The lowest BCUT2D eigenvalue weighted by Crippen LogP contribution is -2.30. The second kappa shape index (κ2) is 14.1. The first kappa shape index (κ1) is 27.8. The maximum absolute atomic E-state index is 13.3. The summed E-state index contributed by atoms with van der Waals surface area (Å²) in [7, 11) is 1.64. The van der Waals surface area contributed by atoms with Crippen LogP contribution in [0.3, 0.4) is 0 Å². The molecular weight excluding hydrogens is 548 g/mol. The zero-order chi connectivity index (χ0) is 25.9. The van der Waals surface area contributed by atoms with Gasteiger partial charge in [-0.25, -0.2) is 9.79 Å². The van der Waals surface area contributed by atoms with Crippen molar-refractivity contribution in [3.8, 4) is 11.5 Å². The summed E-state index contributed by atoms with van der Waals surface area (Å²) >= 11 is 4.83. The van der Waals surface area contributed by atoms with Crippen LogP contribution in [-0.2, 0) is 19.1 Å². The molecule has 0 N–H and O–H groups in total. The molecule has 10 heteroatoms. The van der Waals surface area contributed by atoms with Crippen molar-refractivity contribution in [1.29, 1.82) is 0 Å². The number of benzene rings is 2. The predicted octanol–water partition coefficient (Wildman–Crippen LogP) is 5.43. The zero-order valence-electron chi connectivity index (χ0n) is 20.5. The molecule has 0 radical (unpaired) electrons. The van der Waals surface area contributed by atoms with E-state index in [0.29, 0.717) is 52.2 Å². The number of amides is 1. The van der Waals surface area contributed by atoms with E-state index in [9.17, 15) is 9.59 Å². The Hall–Kier alpha value is -2.82. The number of hydrogen-bond donors (Lipinski definition) is 0. The standard InChI is InChI=1S/C26H29BrN2O6S/c1-4-33-21-15-18(14-20(27)24(21)35-17-23(30)34-5-2)16-22-25(31)29(12-9-13-32-3)26(36-22)28-19-10-7-6-8-11-19/h6-8,10-11,14-16H,4-5,9,12-13,17H2,1-3H3/b22-16-,28-26?. The lowest BCUT2D eigenvalue weighted by Gasteiger charge is -2.15. The number of halogens is 1. The van der Waals surface area contributed by atoms with Crippen LogP contribution in [0.5, 0.6) is 11.5 Å². The first-order chi connectivity index (χ1) is 17.5. The normalized spacial score (nSPS) is 15.6. The van der Waals surface area contributed by atoms with E-state index < -0.39 is 5.97 Å². The number of ether oxygens (including phenoxy) is 4. The minimum atomic E-state index is -0.468. The van der Waals surface area contributed by atoms with Crippen LogP contribution in [0.1, 0.15) is 25.8 Å². The van der Waals surface area contributed by atoms with Crippen LogP contribution >= 0.6 is 27.7 Å². The van der Waals surface area contributed by atoms with Crippen molar-refractivity contribution >= 4 is 56.5 Å². The van der Waals surface area contributed by atoms with Crippen LogP contribution in [0.4, 0.5) is 5.69 Å². The lowest BCUT2D eigenvalue weighted by molar-refractivity contribution is -0.145. The molecule has 3 rings (SSSR count). The van der Waals surface area contributed by atoms with Crippen LogP contribution in [-0.4, -0.2) is 62.0 Å². The monoisotopic (exact) mass is 576 g/mol. The third-order valence-electron chi connectivity index (χ3n) is 4.87. The second-order valence-corrected chi connectivity index (χ2v) is 9.36. The molecule has 2 aromatic rings. The smallest absolute Gasteiger partial charge is 0.344 e. The molecule has 8 nitrogen and oxygen atoms in total. The average molecular weight is 577 g/mol. The molecule has 36 heavy (non-hydrogen) atoms. The van der Waals surface area contributed by atoms with Crippen LogP contribution in [0, 0.1) is 0 Å². The quantitative estimate of drug-likeness (QED) is 0.189. The van der Waals surface area contributed by atoms with Gasteiger partial charge in [0.2, 0.25) is 0 Å². The van der Waals surface area contributed by atoms with Gasteiger partial charge in [0.25, 0.3) is 5.91 Å². The number of amidine groups is 1. The summed E-state index contributed by atoms with van der Waals surface area (Å²) < 4.78 is 22.1. The highest BCUT2D eigenvalue weighted by atomic mass is 79.9. The largest absolute Gasteiger partial charge is 0.490 e. The summed E-state index contributed by atoms with van der Waals surface area (Å²) in [4.78, 5) is 32.0. The summed E-state index contributed by atoms with van der Waals surface area (Å²) in [5.41, 5.74) is 1.51. The summed E-state index contributed by atoms with van der Waals surface area (Å²) in [6.07, 6.45) is 2.49. The average Bonchev–Trinajstić information content (AvgIpc) is 3.13. The van der Waals surface area contributed by atoms with Gasteiger partial charge in [-0.1, -0.05) is 18.2 Å². The van der Waals surface area contributed by atoms with E-state index >= 15 is 0 Å². The topological polar surface area (TPSA) is 86.7 Å². The van der Waals surface area contributed by atoms with Gasteiger partial charge < -0.3 is 18.9 Å². The molecule has 0 aromatic heterocycles. The Bertz CT molecular complexity index is 1120. The first-order valence-corrected chi connectivity index (χ1v) is 13.2. The van der Waals surface area contributed by atoms with E-state index in [1.165, 1.54) is 11.8 Å². The molecule has 192 valence electrons. The van der Waals surface area contributed by atoms with E-state index in [2.05, 4.69) is 15.9 Å². The van der Waals surface area contributed by atoms with Gasteiger partial charge in [0.15, 0.2) is 23.3 Å². The molecule has 0 saturated carbocycles. The van der Waals surface area contributed by atoms with E-state index in [1.807, 2.05) is 43.3 Å². The van der Waals surface area contributed by atoms with Gasteiger partial charge in [-0.2, -0.15) is 0 Å². The highest BCUT2D eigenvalue weighted by molar-refractivity contribution is 9.10. The van der Waals surface area contributed by atoms with Crippen molar-refractivity contribution < 1.29 is 28.5 Å². The summed E-state index contributed by atoms with van der Waals surface area (Å²) in [6.45, 7) is 5.07. The van der Waals surface area contributed by atoms with Crippen molar-refractivity contribution in [1.82, 2.24) is 4.90 Å². The molecule has 1 saturated heterocycles. The number of carbonyl (C=O) groups excluding carboxylic acids is 2. The minimum Gasteiger partial charge on any atom is -0.490 e. The molecule has 1 heterocycles. The first-order valence-electron chi connectivity index (χ1n) is 11.6. The molecule has 1 amide bonds. The highest BCUT2D eigenvalue weighted by Crippen LogP contribution is 2.40. The van der Waals surface area contributed by atoms with E-state index in [0.717, 1.165) is 11.3 Å². The van der Waals surface area contributed by atoms with E-state index in [4.69, 9.17) is 23.9 Å². The summed E-state index contributed by atoms with van der Waals surface area (Å²) in [5.74, 6) is 0.255. The number of aliphatic imine (C=N–C) groups is 1. The highest BCUT2D eigenvalue weighted by Gasteiger charge is 2.33. The number of carbonyl (C=O) groups is 2. The third kappa shape index (κ3) is 7.59. The Balaban J connectivity index is 1.90. The predicted molar refractivity (Wildman–Crippen MR) is 145 cm³/mol. The van der Waals surface area contributed by atoms with Gasteiger partial charge >= 0.3 is 5.97 Å². The molecule has 0 spiro atoms. The van der Waals surface area contributed by atoms with Gasteiger partial charge in [0, 0.05) is 20.3 Å². The van der Waals surface area contributed by atoms with Crippen LogP contribution < -0.4 is 9.47 Å². The molecule has 1 fully saturated rings. The SMILES string of the molecule is CCOC(=O)COc1c(Br)cc(/C=C2\SC(=Nc3ccccc3)N(CCCOC)C2=O)cc1OCC. The van der Waals surface area contributed by atoms with Crippen LogP contribution in [0.15, 0.2) is 56.8 Å². The molecular formula is C26H29BrN2O6S. The van der Waals surface area contributed by atoms with E-state index in [1.54, 1.807) is 31.1 Å². The lowest BCUT2D eigenvalue weighted by atomic mass is 10.2. The Labute approximate surface area is 223 Å². The Morgan fingerprint density at radius 1 is 1.14 bits per heavy atom. The van der Waals surface area contributed by atoms with Gasteiger partial charge in [0.1, 0.15) is 0 Å². The minimum absolute atomic E-state index is 0.123. The van der Waals surface area contributed by atoms with Crippen molar-refractivity contribution in [2.45, 2.75) is 20.3 Å². The van der Waals surface area contributed by atoms with Gasteiger partial charge in [-0.05, 0) is 83.9 Å². The van der Waals surface area contributed by atoms with Crippen molar-refractivity contribution in [2.24, 2.45) is 4.99 Å².